The van der Waals surface area contributed by atoms with E-state index in [1.807, 2.05) is 0 Å². The van der Waals surface area contributed by atoms with Crippen LogP contribution in [0.3, 0.4) is 0 Å². The molecule has 1 saturated heterocycles. The summed E-state index contributed by atoms with van der Waals surface area (Å²) < 4.78 is 5.90. The molecule has 2 heteroatoms. The fourth-order valence-corrected chi connectivity index (χ4v) is 2.39. The summed E-state index contributed by atoms with van der Waals surface area (Å²) >= 11 is 0. The highest BCUT2D eigenvalue weighted by Crippen LogP contribution is 2.33. The van der Waals surface area contributed by atoms with Crippen LogP contribution in [0.4, 0.5) is 0 Å². The molecule has 0 radical (unpaired) electrons. The molecule has 1 unspecified atom stereocenters. The quantitative estimate of drug-likeness (QED) is 0.843. The fraction of sp³-hybridized carbons (Fsp3) is 0.571. The van der Waals surface area contributed by atoms with Crippen LogP contribution in [0.15, 0.2) is 18.2 Å². The normalized spacial score (nSPS) is 20.4. The Kier molecular flexibility index (Phi) is 3.49. The maximum Gasteiger partial charge on any atom is 0.124 e. The van der Waals surface area contributed by atoms with E-state index >= 15 is 0 Å². The predicted molar refractivity (Wildman–Crippen MR) is 66.9 cm³/mol. The third kappa shape index (κ3) is 2.38. The van der Waals surface area contributed by atoms with Crippen LogP contribution in [0.5, 0.6) is 5.75 Å². The van der Waals surface area contributed by atoms with E-state index < -0.39 is 0 Å². The molecule has 2 nitrogen and oxygen atoms in total. The van der Waals surface area contributed by atoms with Gasteiger partial charge < -0.3 is 10.1 Å². The number of ether oxygens (including phenoxy) is 1. The largest absolute Gasteiger partial charge is 0.491 e. The highest BCUT2D eigenvalue weighted by atomic mass is 16.5. The SMILES string of the molecule is Cc1cccc(OC(C)C)c1C1CCCN1. The van der Waals surface area contributed by atoms with Crippen LogP contribution in [0.2, 0.25) is 0 Å². The molecule has 1 fully saturated rings. The predicted octanol–water partition coefficient (Wildman–Crippen LogP) is 3.21. The molecule has 1 heterocycles. The van der Waals surface area contributed by atoms with Gasteiger partial charge in [-0.05, 0) is 51.8 Å². The van der Waals surface area contributed by atoms with E-state index in [0.29, 0.717) is 6.04 Å². The van der Waals surface area contributed by atoms with Crippen LogP contribution in [0.1, 0.15) is 43.9 Å². The number of benzene rings is 1. The van der Waals surface area contributed by atoms with Crippen molar-refractivity contribution in [1.29, 1.82) is 0 Å². The van der Waals surface area contributed by atoms with Crippen molar-refractivity contribution in [2.24, 2.45) is 0 Å². The first-order valence-corrected chi connectivity index (χ1v) is 6.18. The molecule has 0 bridgehead atoms. The zero-order valence-electron chi connectivity index (χ0n) is 10.4. The summed E-state index contributed by atoms with van der Waals surface area (Å²) in [7, 11) is 0. The minimum absolute atomic E-state index is 0.238. The molecule has 1 aromatic carbocycles. The van der Waals surface area contributed by atoms with Crippen LogP contribution in [0, 0.1) is 6.92 Å². The zero-order valence-corrected chi connectivity index (χ0v) is 10.4. The summed E-state index contributed by atoms with van der Waals surface area (Å²) in [5.74, 6) is 1.05. The van der Waals surface area contributed by atoms with E-state index in [1.54, 1.807) is 0 Å². The lowest BCUT2D eigenvalue weighted by molar-refractivity contribution is 0.238. The van der Waals surface area contributed by atoms with Gasteiger partial charge in [-0.15, -0.1) is 0 Å². The molecule has 0 spiro atoms. The number of rotatable bonds is 3. The van der Waals surface area contributed by atoms with Crippen LogP contribution in [0.25, 0.3) is 0 Å². The molecule has 1 aliphatic heterocycles. The van der Waals surface area contributed by atoms with Crippen molar-refractivity contribution in [1.82, 2.24) is 5.32 Å². The van der Waals surface area contributed by atoms with Gasteiger partial charge in [-0.1, -0.05) is 12.1 Å². The summed E-state index contributed by atoms with van der Waals surface area (Å²) in [6.45, 7) is 7.45. The van der Waals surface area contributed by atoms with Crippen LogP contribution in [-0.4, -0.2) is 12.6 Å². The van der Waals surface area contributed by atoms with Crippen molar-refractivity contribution in [3.8, 4) is 5.75 Å². The lowest BCUT2D eigenvalue weighted by Crippen LogP contribution is -2.17. The second-order valence-corrected chi connectivity index (χ2v) is 4.80. The first kappa shape index (κ1) is 11.5. The van der Waals surface area contributed by atoms with Crippen molar-refractivity contribution in [2.75, 3.05) is 6.54 Å². The Labute approximate surface area is 98.0 Å². The monoisotopic (exact) mass is 219 g/mol. The van der Waals surface area contributed by atoms with Gasteiger partial charge in [0.2, 0.25) is 0 Å². The molecule has 88 valence electrons. The van der Waals surface area contributed by atoms with Crippen LogP contribution >= 0.6 is 0 Å². The molecule has 0 aliphatic carbocycles. The molecule has 1 aliphatic rings. The van der Waals surface area contributed by atoms with Crippen molar-refractivity contribution >= 4 is 0 Å². The Bertz CT molecular complexity index is 354. The van der Waals surface area contributed by atoms with Crippen molar-refractivity contribution in [2.45, 2.75) is 45.8 Å². The molecule has 1 N–H and O–H groups in total. The summed E-state index contributed by atoms with van der Waals surface area (Å²) in [6, 6.07) is 6.81. The third-order valence-electron chi connectivity index (χ3n) is 3.06. The van der Waals surface area contributed by atoms with E-state index in [4.69, 9.17) is 4.74 Å². The van der Waals surface area contributed by atoms with Crippen molar-refractivity contribution < 1.29 is 4.74 Å². The highest BCUT2D eigenvalue weighted by Gasteiger charge is 2.21. The Hall–Kier alpha value is -1.02. The molecule has 0 saturated carbocycles. The minimum Gasteiger partial charge on any atom is -0.491 e. The van der Waals surface area contributed by atoms with E-state index in [1.165, 1.54) is 24.0 Å². The average molecular weight is 219 g/mol. The molecule has 0 amide bonds. The molecular weight excluding hydrogens is 198 g/mol. The highest BCUT2D eigenvalue weighted by molar-refractivity contribution is 5.42. The number of hydrogen-bond acceptors (Lipinski definition) is 2. The Morgan fingerprint density at radius 3 is 2.81 bits per heavy atom. The third-order valence-corrected chi connectivity index (χ3v) is 3.06. The number of aryl methyl sites for hydroxylation is 1. The Balaban J connectivity index is 2.31. The fourth-order valence-electron chi connectivity index (χ4n) is 2.39. The molecule has 1 atom stereocenters. The van der Waals surface area contributed by atoms with Crippen molar-refractivity contribution in [3.05, 3.63) is 29.3 Å². The summed E-state index contributed by atoms with van der Waals surface area (Å²) in [4.78, 5) is 0. The first-order chi connectivity index (χ1) is 7.68. The maximum atomic E-state index is 5.90. The summed E-state index contributed by atoms with van der Waals surface area (Å²) in [5, 5.41) is 3.55. The Morgan fingerprint density at radius 2 is 2.19 bits per heavy atom. The van der Waals surface area contributed by atoms with Gasteiger partial charge >= 0.3 is 0 Å². The van der Waals surface area contributed by atoms with E-state index in [2.05, 4.69) is 44.3 Å². The number of hydrogen-bond donors (Lipinski definition) is 1. The second kappa shape index (κ2) is 4.88. The minimum atomic E-state index is 0.238. The van der Waals surface area contributed by atoms with Gasteiger partial charge in [-0.3, -0.25) is 0 Å². The summed E-state index contributed by atoms with van der Waals surface area (Å²) in [6.07, 6.45) is 2.72. The van der Waals surface area contributed by atoms with Crippen LogP contribution in [-0.2, 0) is 0 Å². The zero-order chi connectivity index (χ0) is 11.5. The Morgan fingerprint density at radius 1 is 1.38 bits per heavy atom. The molecule has 1 aromatic rings. The summed E-state index contributed by atoms with van der Waals surface area (Å²) in [5.41, 5.74) is 2.69. The maximum absolute atomic E-state index is 5.90. The van der Waals surface area contributed by atoms with Gasteiger partial charge in [0.15, 0.2) is 0 Å². The van der Waals surface area contributed by atoms with Gasteiger partial charge in [0.1, 0.15) is 5.75 Å². The lowest BCUT2D eigenvalue weighted by Gasteiger charge is -2.20. The van der Waals surface area contributed by atoms with E-state index in [0.717, 1.165) is 12.3 Å². The first-order valence-electron chi connectivity index (χ1n) is 6.18. The van der Waals surface area contributed by atoms with Gasteiger partial charge in [-0.25, -0.2) is 0 Å². The van der Waals surface area contributed by atoms with Crippen LogP contribution < -0.4 is 10.1 Å². The van der Waals surface area contributed by atoms with Gasteiger partial charge in [0.05, 0.1) is 6.10 Å². The van der Waals surface area contributed by atoms with Gasteiger partial charge in [-0.2, -0.15) is 0 Å². The topological polar surface area (TPSA) is 21.3 Å². The molecule has 0 aromatic heterocycles. The molecule has 2 rings (SSSR count). The smallest absolute Gasteiger partial charge is 0.124 e. The van der Waals surface area contributed by atoms with E-state index in [9.17, 15) is 0 Å². The average Bonchev–Trinajstić information content (AvgIpc) is 2.69. The van der Waals surface area contributed by atoms with E-state index in [-0.39, 0.29) is 6.10 Å². The lowest BCUT2D eigenvalue weighted by atomic mass is 9.99. The molecular formula is C14H21NO. The standard InChI is InChI=1S/C14H21NO/c1-10(2)16-13-8-4-6-11(3)14(13)12-7-5-9-15-12/h4,6,8,10,12,15H,5,7,9H2,1-3H3. The second-order valence-electron chi connectivity index (χ2n) is 4.80. The number of nitrogens with one attached hydrogen (secondary N) is 1. The molecule has 16 heavy (non-hydrogen) atoms. The van der Waals surface area contributed by atoms with Crippen molar-refractivity contribution in [3.63, 3.8) is 0 Å². The van der Waals surface area contributed by atoms with Gasteiger partial charge in [0, 0.05) is 11.6 Å². The van der Waals surface area contributed by atoms with Gasteiger partial charge in [0.25, 0.3) is 0 Å².